The summed E-state index contributed by atoms with van der Waals surface area (Å²) in [6, 6.07) is 20.0. The topological polar surface area (TPSA) is 122 Å². The Labute approximate surface area is 252 Å². The SMILES string of the molecule is CCS(=O)(=O)Nc1nc(-c2ccc(CNNC(=S)Nc3ccccc3C(C)C)cc2)nn1-c1ccc(OC(F)(F)F)cc1. The third kappa shape index (κ3) is 8.89. The highest BCUT2D eigenvalue weighted by Crippen LogP contribution is 2.27. The average Bonchev–Trinajstić information content (AvgIpc) is 3.36. The third-order valence-corrected chi connectivity index (χ3v) is 7.54. The normalized spacial score (nSPS) is 11.8. The molecule has 0 aliphatic rings. The van der Waals surface area contributed by atoms with E-state index in [2.05, 4.69) is 49.6 Å². The number of aromatic nitrogens is 3. The number of para-hydroxylation sites is 1. The van der Waals surface area contributed by atoms with E-state index >= 15 is 0 Å². The number of nitrogens with zero attached hydrogens (tertiary/aromatic N) is 3. The first-order valence-corrected chi connectivity index (χ1v) is 15.2. The fourth-order valence-corrected chi connectivity index (χ4v) is 4.68. The maximum atomic E-state index is 12.6. The van der Waals surface area contributed by atoms with Gasteiger partial charge in [0.05, 0.1) is 11.4 Å². The number of sulfonamides is 1. The van der Waals surface area contributed by atoms with Gasteiger partial charge >= 0.3 is 6.36 Å². The van der Waals surface area contributed by atoms with Gasteiger partial charge in [-0.1, -0.05) is 56.3 Å². The first-order chi connectivity index (χ1) is 20.3. The first kappa shape index (κ1) is 31.7. The Morgan fingerprint density at radius 2 is 1.70 bits per heavy atom. The molecule has 0 unspecified atom stereocenters. The Morgan fingerprint density at radius 3 is 2.33 bits per heavy atom. The number of nitrogens with one attached hydrogen (secondary N) is 4. The molecule has 0 aliphatic carbocycles. The van der Waals surface area contributed by atoms with Crippen LogP contribution in [0.1, 0.15) is 37.8 Å². The van der Waals surface area contributed by atoms with Gasteiger partial charge in [-0.05, 0) is 66.5 Å². The van der Waals surface area contributed by atoms with E-state index in [1.54, 1.807) is 12.1 Å². The smallest absolute Gasteiger partial charge is 0.406 e. The summed E-state index contributed by atoms with van der Waals surface area (Å²) in [6.45, 7) is 6.11. The van der Waals surface area contributed by atoms with Crippen molar-refractivity contribution in [1.82, 2.24) is 25.6 Å². The molecular weight excluding hydrogens is 603 g/mol. The Bertz CT molecular complexity index is 1660. The van der Waals surface area contributed by atoms with Crippen LogP contribution in [0.4, 0.5) is 24.8 Å². The van der Waals surface area contributed by atoms with Gasteiger partial charge in [0.15, 0.2) is 10.9 Å². The highest BCUT2D eigenvalue weighted by Gasteiger charge is 2.31. The van der Waals surface area contributed by atoms with Gasteiger partial charge in [0.25, 0.3) is 0 Å². The van der Waals surface area contributed by atoms with Gasteiger partial charge in [0.2, 0.25) is 16.0 Å². The van der Waals surface area contributed by atoms with Crippen LogP contribution in [-0.4, -0.2) is 40.4 Å². The van der Waals surface area contributed by atoms with Crippen LogP contribution in [0.15, 0.2) is 72.8 Å². The lowest BCUT2D eigenvalue weighted by Gasteiger charge is -2.16. The van der Waals surface area contributed by atoms with E-state index in [9.17, 15) is 21.6 Å². The summed E-state index contributed by atoms with van der Waals surface area (Å²) in [6.07, 6.45) is -4.84. The Hall–Kier alpha value is -4.21. The molecular formula is C28H30F3N7O3S2. The second-order valence-corrected chi connectivity index (χ2v) is 12.0. The zero-order chi connectivity index (χ0) is 31.2. The number of halogens is 3. The summed E-state index contributed by atoms with van der Waals surface area (Å²) < 4.78 is 69.7. The molecule has 1 aromatic heterocycles. The van der Waals surface area contributed by atoms with E-state index in [1.165, 1.54) is 23.7 Å². The quantitative estimate of drug-likeness (QED) is 0.122. The molecule has 0 spiro atoms. The summed E-state index contributed by atoms with van der Waals surface area (Å²) in [5, 5.41) is 8.02. The molecule has 0 bridgehead atoms. The van der Waals surface area contributed by atoms with Gasteiger partial charge in [-0.15, -0.1) is 18.3 Å². The number of ether oxygens (including phenoxy) is 1. The van der Waals surface area contributed by atoms with Crippen LogP contribution in [0.25, 0.3) is 17.1 Å². The lowest BCUT2D eigenvalue weighted by Crippen LogP contribution is -2.39. The van der Waals surface area contributed by atoms with Gasteiger partial charge < -0.3 is 10.1 Å². The second-order valence-electron chi connectivity index (χ2n) is 9.59. The third-order valence-electron chi connectivity index (χ3n) is 6.09. The Kier molecular flexibility index (Phi) is 9.88. The number of anilines is 2. The largest absolute Gasteiger partial charge is 0.573 e. The zero-order valence-electron chi connectivity index (χ0n) is 23.4. The number of rotatable bonds is 11. The van der Waals surface area contributed by atoms with Gasteiger partial charge in [-0.3, -0.25) is 10.1 Å². The molecule has 0 atom stereocenters. The lowest BCUT2D eigenvalue weighted by atomic mass is 10.0. The zero-order valence-corrected chi connectivity index (χ0v) is 25.1. The average molecular weight is 634 g/mol. The second kappa shape index (κ2) is 13.4. The van der Waals surface area contributed by atoms with E-state index in [0.29, 0.717) is 23.1 Å². The van der Waals surface area contributed by atoms with Crippen molar-refractivity contribution in [2.24, 2.45) is 0 Å². The molecule has 43 heavy (non-hydrogen) atoms. The lowest BCUT2D eigenvalue weighted by molar-refractivity contribution is -0.274. The standard InChI is InChI=1S/C28H30F3N7O3S2/c1-4-43(39,40)37-26-34-25(36-38(26)21-13-15-22(16-14-21)41-28(29,30)31)20-11-9-19(10-12-20)17-32-35-27(42)33-24-8-6-5-7-23(24)18(2)3/h5-16,18,32H,4,17H2,1-3H3,(H2,33,35,42)(H,34,36,37). The molecule has 0 amide bonds. The van der Waals surface area contributed by atoms with Crippen LogP contribution < -0.4 is 25.6 Å². The van der Waals surface area contributed by atoms with Crippen LogP contribution in [0.2, 0.25) is 0 Å². The molecule has 15 heteroatoms. The predicted octanol–water partition coefficient (Wildman–Crippen LogP) is 5.71. The van der Waals surface area contributed by atoms with Crippen LogP contribution in [0.5, 0.6) is 5.75 Å². The van der Waals surface area contributed by atoms with E-state index in [-0.39, 0.29) is 23.2 Å². The summed E-state index contributed by atoms with van der Waals surface area (Å²) in [5.74, 6) is -0.220. The van der Waals surface area contributed by atoms with Crippen LogP contribution in [-0.2, 0) is 16.6 Å². The van der Waals surface area contributed by atoms with Crippen molar-refractivity contribution >= 4 is 39.0 Å². The van der Waals surface area contributed by atoms with Gasteiger partial charge in [0, 0.05) is 17.8 Å². The number of hydrazine groups is 1. The van der Waals surface area contributed by atoms with E-state index in [1.807, 2.05) is 36.4 Å². The number of alkyl halides is 3. The minimum absolute atomic E-state index is 0.115. The molecule has 1 heterocycles. The molecule has 3 aromatic carbocycles. The molecule has 4 rings (SSSR count). The van der Waals surface area contributed by atoms with Crippen molar-refractivity contribution in [3.8, 4) is 22.8 Å². The maximum Gasteiger partial charge on any atom is 0.573 e. The highest BCUT2D eigenvalue weighted by molar-refractivity contribution is 7.92. The molecule has 0 saturated heterocycles. The van der Waals surface area contributed by atoms with Crippen molar-refractivity contribution in [3.05, 3.63) is 83.9 Å². The minimum Gasteiger partial charge on any atom is -0.406 e. The van der Waals surface area contributed by atoms with Gasteiger partial charge in [0.1, 0.15) is 5.75 Å². The monoisotopic (exact) mass is 633 g/mol. The number of hydrogen-bond donors (Lipinski definition) is 4. The first-order valence-electron chi connectivity index (χ1n) is 13.2. The summed E-state index contributed by atoms with van der Waals surface area (Å²) >= 11 is 5.40. The molecule has 10 nitrogen and oxygen atoms in total. The van der Waals surface area contributed by atoms with Gasteiger partial charge in [-0.2, -0.15) is 9.67 Å². The number of benzene rings is 3. The van der Waals surface area contributed by atoms with Crippen LogP contribution in [0.3, 0.4) is 0 Å². The van der Waals surface area contributed by atoms with E-state index in [4.69, 9.17) is 12.2 Å². The molecule has 228 valence electrons. The predicted molar refractivity (Wildman–Crippen MR) is 163 cm³/mol. The molecule has 0 radical (unpaired) electrons. The molecule has 0 saturated carbocycles. The molecule has 4 aromatic rings. The van der Waals surface area contributed by atoms with Crippen molar-refractivity contribution in [2.75, 3.05) is 15.8 Å². The molecule has 0 fully saturated rings. The highest BCUT2D eigenvalue weighted by atomic mass is 32.2. The van der Waals surface area contributed by atoms with E-state index in [0.717, 1.165) is 28.9 Å². The number of thiocarbonyl (C=S) groups is 1. The summed E-state index contributed by atoms with van der Waals surface area (Å²) in [7, 11) is -3.73. The van der Waals surface area contributed by atoms with Gasteiger partial charge in [-0.25, -0.2) is 13.8 Å². The van der Waals surface area contributed by atoms with Crippen molar-refractivity contribution in [3.63, 3.8) is 0 Å². The van der Waals surface area contributed by atoms with Crippen LogP contribution in [0, 0.1) is 0 Å². The summed E-state index contributed by atoms with van der Waals surface area (Å²) in [4.78, 5) is 4.34. The fourth-order valence-electron chi connectivity index (χ4n) is 3.95. The van der Waals surface area contributed by atoms with Crippen molar-refractivity contribution < 1.29 is 26.3 Å². The maximum absolute atomic E-state index is 12.6. The minimum atomic E-state index is -4.84. The fraction of sp³-hybridized carbons (Fsp3) is 0.250. The van der Waals surface area contributed by atoms with E-state index < -0.39 is 22.1 Å². The van der Waals surface area contributed by atoms with Crippen molar-refractivity contribution in [2.45, 2.75) is 39.6 Å². The van der Waals surface area contributed by atoms with Crippen LogP contribution >= 0.6 is 12.2 Å². The Morgan fingerprint density at radius 1 is 1.02 bits per heavy atom. The summed E-state index contributed by atoms with van der Waals surface area (Å²) in [5.41, 5.74) is 9.89. The molecule has 4 N–H and O–H groups in total. The Balaban J connectivity index is 1.45. The number of hydrogen-bond acceptors (Lipinski definition) is 7. The van der Waals surface area contributed by atoms with Crippen molar-refractivity contribution in [1.29, 1.82) is 0 Å². The molecule has 0 aliphatic heterocycles.